The lowest BCUT2D eigenvalue weighted by Crippen LogP contribution is -2.50. The third kappa shape index (κ3) is 7.64. The highest BCUT2D eigenvalue weighted by atomic mass is 35.5. The summed E-state index contributed by atoms with van der Waals surface area (Å²) >= 11 is 0. The molecule has 1 atom stereocenters. The van der Waals surface area contributed by atoms with Crippen LogP contribution in [0.1, 0.15) is 75.8 Å². The van der Waals surface area contributed by atoms with Crippen LogP contribution in [0.15, 0.2) is 60.7 Å². The summed E-state index contributed by atoms with van der Waals surface area (Å²) in [5, 5.41) is 3.30. The van der Waals surface area contributed by atoms with Gasteiger partial charge in [-0.3, -0.25) is 9.69 Å². The fourth-order valence-electron chi connectivity index (χ4n) is 5.00. The van der Waals surface area contributed by atoms with E-state index in [0.29, 0.717) is 24.4 Å². The molecule has 1 fully saturated rings. The van der Waals surface area contributed by atoms with Crippen molar-refractivity contribution in [1.29, 1.82) is 0 Å². The summed E-state index contributed by atoms with van der Waals surface area (Å²) < 4.78 is 0. The number of amides is 1. The summed E-state index contributed by atoms with van der Waals surface area (Å²) in [6.45, 7) is 5.13. The summed E-state index contributed by atoms with van der Waals surface area (Å²) in [5.41, 5.74) is 2.61. The van der Waals surface area contributed by atoms with Crippen LogP contribution in [0, 0.1) is 5.92 Å². The van der Waals surface area contributed by atoms with Crippen LogP contribution in [0.25, 0.3) is 0 Å². The van der Waals surface area contributed by atoms with Gasteiger partial charge >= 0.3 is 0 Å². The largest absolute Gasteiger partial charge is 0.355 e. The molecule has 0 heterocycles. The van der Waals surface area contributed by atoms with Crippen LogP contribution in [-0.2, 0) is 4.79 Å². The minimum atomic E-state index is -0.0324. The Morgan fingerprint density at radius 3 is 1.97 bits per heavy atom. The molecule has 4 heteroatoms. The van der Waals surface area contributed by atoms with Crippen LogP contribution in [0.3, 0.4) is 0 Å². The molecule has 32 heavy (non-hydrogen) atoms. The van der Waals surface area contributed by atoms with Gasteiger partial charge in [0.2, 0.25) is 5.91 Å². The Kier molecular flexibility index (Phi) is 11.3. The Morgan fingerprint density at radius 2 is 1.47 bits per heavy atom. The molecule has 0 aromatic heterocycles. The van der Waals surface area contributed by atoms with E-state index in [1.807, 2.05) is 0 Å². The van der Waals surface area contributed by atoms with Gasteiger partial charge in [-0.2, -0.15) is 0 Å². The second-order valence-corrected chi connectivity index (χ2v) is 9.56. The van der Waals surface area contributed by atoms with E-state index in [0.717, 1.165) is 12.8 Å². The second kappa shape index (κ2) is 13.6. The average Bonchev–Trinajstić information content (AvgIpc) is 2.81. The fraction of sp³-hybridized carbons (Fsp3) is 0.536. The Morgan fingerprint density at radius 1 is 0.938 bits per heavy atom. The van der Waals surface area contributed by atoms with Gasteiger partial charge in [0.25, 0.3) is 0 Å². The molecule has 1 N–H and O–H groups in total. The van der Waals surface area contributed by atoms with Gasteiger partial charge in [-0.25, -0.2) is 0 Å². The summed E-state index contributed by atoms with van der Waals surface area (Å²) in [6.07, 6.45) is 8.19. The fourth-order valence-corrected chi connectivity index (χ4v) is 5.00. The first-order chi connectivity index (χ1) is 15.1. The predicted molar refractivity (Wildman–Crippen MR) is 137 cm³/mol. The number of hydrogen-bond donors (Lipinski definition) is 1. The summed E-state index contributed by atoms with van der Waals surface area (Å²) in [5.74, 6) is 0.993. The Bertz CT molecular complexity index is 735. The van der Waals surface area contributed by atoms with Gasteiger partial charge in [-0.1, -0.05) is 93.8 Å². The zero-order valence-corrected chi connectivity index (χ0v) is 20.8. The smallest absolute Gasteiger partial charge is 0.237 e. The minimum absolute atomic E-state index is 0. The maximum absolute atomic E-state index is 13.3. The average molecular weight is 457 g/mol. The zero-order chi connectivity index (χ0) is 22.1. The van der Waals surface area contributed by atoms with E-state index in [1.165, 1.54) is 43.2 Å². The number of nitrogens with one attached hydrogen (secondary N) is 1. The van der Waals surface area contributed by atoms with Gasteiger partial charge in [-0.05, 0) is 49.8 Å². The van der Waals surface area contributed by atoms with Gasteiger partial charge in [-0.15, -0.1) is 12.4 Å². The zero-order valence-electron chi connectivity index (χ0n) is 20.0. The standard InChI is InChI=1S/C28H40N2O.ClH/c1-22(2)21-27(30(3)25-17-11-6-12-18-25)28(31)29-20-19-26(23-13-7-4-8-14-23)24-15-9-5-10-16-24;/h4-5,7-10,13-16,22,25-27H,6,11-12,17-21H2,1-3H3,(H,29,31);1H/t27-;/m0./s1. The summed E-state index contributed by atoms with van der Waals surface area (Å²) in [4.78, 5) is 15.6. The molecule has 1 amide bonds. The number of nitrogens with zero attached hydrogens (tertiary/aromatic N) is 1. The molecule has 0 saturated heterocycles. The van der Waals surface area contributed by atoms with Crippen LogP contribution in [0.4, 0.5) is 0 Å². The predicted octanol–water partition coefficient (Wildman–Crippen LogP) is 6.43. The van der Waals surface area contributed by atoms with E-state index in [2.05, 4.69) is 91.8 Å². The van der Waals surface area contributed by atoms with Crippen LogP contribution < -0.4 is 5.32 Å². The van der Waals surface area contributed by atoms with Crippen molar-refractivity contribution in [3.8, 4) is 0 Å². The number of halogens is 1. The van der Waals surface area contributed by atoms with Crippen LogP contribution in [-0.4, -0.2) is 36.5 Å². The van der Waals surface area contributed by atoms with E-state index in [-0.39, 0.29) is 24.4 Å². The SMILES string of the molecule is CC(C)C[C@@H](C(=O)NCCC(c1ccccc1)c1ccccc1)N(C)C1CCCCC1.Cl. The molecular weight excluding hydrogens is 416 g/mol. The molecule has 1 aliphatic carbocycles. The van der Waals surface area contributed by atoms with Gasteiger partial charge in [0.15, 0.2) is 0 Å². The molecule has 0 radical (unpaired) electrons. The highest BCUT2D eigenvalue weighted by Gasteiger charge is 2.30. The molecule has 2 aromatic carbocycles. The van der Waals surface area contributed by atoms with Crippen LogP contribution in [0.2, 0.25) is 0 Å². The Hall–Kier alpha value is -1.84. The van der Waals surface area contributed by atoms with Crippen molar-refractivity contribution in [2.24, 2.45) is 5.92 Å². The van der Waals surface area contributed by atoms with Gasteiger partial charge in [0.1, 0.15) is 0 Å². The van der Waals surface area contributed by atoms with Crippen molar-refractivity contribution >= 4 is 18.3 Å². The van der Waals surface area contributed by atoms with Crippen molar-refractivity contribution in [3.63, 3.8) is 0 Å². The van der Waals surface area contributed by atoms with Crippen molar-refractivity contribution < 1.29 is 4.79 Å². The summed E-state index contributed by atoms with van der Waals surface area (Å²) in [7, 11) is 2.17. The van der Waals surface area contributed by atoms with Crippen molar-refractivity contribution in [1.82, 2.24) is 10.2 Å². The molecule has 0 bridgehead atoms. The van der Waals surface area contributed by atoms with E-state index >= 15 is 0 Å². The number of carbonyl (C=O) groups excluding carboxylic acids is 1. The van der Waals surface area contributed by atoms with Crippen molar-refractivity contribution in [3.05, 3.63) is 71.8 Å². The van der Waals surface area contributed by atoms with Gasteiger partial charge in [0.05, 0.1) is 6.04 Å². The lowest BCUT2D eigenvalue weighted by atomic mass is 9.88. The van der Waals surface area contributed by atoms with Crippen LogP contribution >= 0.6 is 12.4 Å². The topological polar surface area (TPSA) is 32.3 Å². The summed E-state index contributed by atoms with van der Waals surface area (Å²) in [6, 6.07) is 21.8. The second-order valence-electron chi connectivity index (χ2n) is 9.56. The molecule has 2 aromatic rings. The monoisotopic (exact) mass is 456 g/mol. The van der Waals surface area contributed by atoms with E-state index in [9.17, 15) is 4.79 Å². The maximum Gasteiger partial charge on any atom is 0.237 e. The molecule has 176 valence electrons. The Labute approximate surface area is 201 Å². The molecule has 3 nitrogen and oxygen atoms in total. The molecule has 0 aliphatic heterocycles. The molecular formula is C28H41ClN2O. The highest BCUT2D eigenvalue weighted by Crippen LogP contribution is 2.28. The first-order valence-electron chi connectivity index (χ1n) is 12.2. The lowest BCUT2D eigenvalue weighted by Gasteiger charge is -2.37. The molecule has 0 unspecified atom stereocenters. The molecule has 1 saturated carbocycles. The van der Waals surface area contributed by atoms with E-state index in [1.54, 1.807) is 0 Å². The van der Waals surface area contributed by atoms with Crippen molar-refractivity contribution in [2.75, 3.05) is 13.6 Å². The van der Waals surface area contributed by atoms with E-state index < -0.39 is 0 Å². The number of carbonyl (C=O) groups is 1. The van der Waals surface area contributed by atoms with Gasteiger partial charge < -0.3 is 5.32 Å². The van der Waals surface area contributed by atoms with E-state index in [4.69, 9.17) is 0 Å². The highest BCUT2D eigenvalue weighted by molar-refractivity contribution is 5.85. The normalized spacial score (nSPS) is 15.6. The van der Waals surface area contributed by atoms with Crippen molar-refractivity contribution in [2.45, 2.75) is 76.8 Å². The van der Waals surface area contributed by atoms with Gasteiger partial charge in [0, 0.05) is 18.5 Å². The quantitative estimate of drug-likeness (QED) is 0.447. The Balaban J connectivity index is 0.00000363. The number of likely N-dealkylation sites (N-methyl/N-ethyl adjacent to an activating group) is 1. The molecule has 3 rings (SSSR count). The first kappa shape index (κ1) is 26.4. The lowest BCUT2D eigenvalue weighted by molar-refractivity contribution is -0.127. The molecule has 1 aliphatic rings. The van der Waals surface area contributed by atoms with Crippen LogP contribution in [0.5, 0.6) is 0 Å². The number of benzene rings is 2. The first-order valence-corrected chi connectivity index (χ1v) is 12.2. The third-order valence-corrected chi connectivity index (χ3v) is 6.78. The minimum Gasteiger partial charge on any atom is -0.355 e. The molecule has 0 spiro atoms. The maximum atomic E-state index is 13.3. The number of rotatable bonds is 10. The number of hydrogen-bond acceptors (Lipinski definition) is 2. The third-order valence-electron chi connectivity index (χ3n) is 6.78.